The van der Waals surface area contributed by atoms with Gasteiger partial charge >= 0.3 is 0 Å². The van der Waals surface area contributed by atoms with E-state index in [0.29, 0.717) is 0 Å². The number of hydrogen-bond donors (Lipinski definition) is 2. The summed E-state index contributed by atoms with van der Waals surface area (Å²) < 4.78 is 0. The van der Waals surface area contributed by atoms with Crippen molar-refractivity contribution in [1.29, 1.82) is 0 Å². The standard InChI is InChI=1S/C10H15N3O/c14-10-5-9(6-12-7-10)8-13-3-1-11-2-4-13/h5-7,11,14H,1-4,8H2. The number of aromatic nitrogens is 1. The van der Waals surface area contributed by atoms with Gasteiger partial charge in [0.05, 0.1) is 6.20 Å². The van der Waals surface area contributed by atoms with Crippen LogP contribution < -0.4 is 5.32 Å². The number of pyridine rings is 1. The van der Waals surface area contributed by atoms with Crippen LogP contribution in [0.25, 0.3) is 0 Å². The molecule has 1 saturated heterocycles. The molecule has 0 radical (unpaired) electrons. The van der Waals surface area contributed by atoms with E-state index in [4.69, 9.17) is 0 Å². The lowest BCUT2D eigenvalue weighted by atomic mass is 10.2. The molecule has 0 bridgehead atoms. The number of aromatic hydroxyl groups is 1. The molecule has 0 unspecified atom stereocenters. The molecule has 0 amide bonds. The van der Waals surface area contributed by atoms with Crippen LogP contribution in [0.1, 0.15) is 5.56 Å². The Morgan fingerprint density at radius 1 is 1.36 bits per heavy atom. The number of nitrogens with zero attached hydrogens (tertiary/aromatic N) is 2. The van der Waals surface area contributed by atoms with Gasteiger partial charge in [-0.2, -0.15) is 0 Å². The lowest BCUT2D eigenvalue weighted by Gasteiger charge is -2.26. The predicted octanol–water partition coefficient (Wildman–Crippen LogP) is 0.192. The minimum absolute atomic E-state index is 0.248. The zero-order valence-electron chi connectivity index (χ0n) is 8.11. The van der Waals surface area contributed by atoms with E-state index in [1.165, 1.54) is 6.20 Å². The molecule has 0 aliphatic carbocycles. The Morgan fingerprint density at radius 2 is 2.14 bits per heavy atom. The van der Waals surface area contributed by atoms with Gasteiger partial charge in [-0.25, -0.2) is 0 Å². The zero-order valence-corrected chi connectivity index (χ0v) is 8.11. The van der Waals surface area contributed by atoms with Crippen LogP contribution in [0.15, 0.2) is 18.5 Å². The van der Waals surface area contributed by atoms with E-state index in [-0.39, 0.29) is 5.75 Å². The summed E-state index contributed by atoms with van der Waals surface area (Å²) in [7, 11) is 0. The van der Waals surface area contributed by atoms with Crippen molar-refractivity contribution in [3.63, 3.8) is 0 Å². The quantitative estimate of drug-likeness (QED) is 0.704. The molecule has 1 fully saturated rings. The van der Waals surface area contributed by atoms with E-state index in [1.54, 1.807) is 6.07 Å². The van der Waals surface area contributed by atoms with Crippen molar-refractivity contribution in [2.24, 2.45) is 0 Å². The van der Waals surface area contributed by atoms with Gasteiger partial charge in [-0.1, -0.05) is 0 Å². The molecule has 4 nitrogen and oxygen atoms in total. The molecule has 4 heteroatoms. The van der Waals surface area contributed by atoms with Crippen molar-refractivity contribution in [2.45, 2.75) is 6.54 Å². The zero-order chi connectivity index (χ0) is 9.80. The van der Waals surface area contributed by atoms with Gasteiger partial charge in [0, 0.05) is 38.9 Å². The van der Waals surface area contributed by atoms with Crippen LogP contribution in [0.2, 0.25) is 0 Å². The van der Waals surface area contributed by atoms with Gasteiger partial charge in [-0.05, 0) is 11.6 Å². The average Bonchev–Trinajstić information content (AvgIpc) is 2.19. The predicted molar refractivity (Wildman–Crippen MR) is 54.0 cm³/mol. The molecule has 2 rings (SSSR count). The highest BCUT2D eigenvalue weighted by atomic mass is 16.3. The molecular formula is C10H15N3O. The number of hydrogen-bond acceptors (Lipinski definition) is 4. The Morgan fingerprint density at radius 3 is 2.86 bits per heavy atom. The summed E-state index contributed by atoms with van der Waals surface area (Å²) in [4.78, 5) is 6.31. The fraction of sp³-hybridized carbons (Fsp3) is 0.500. The second kappa shape index (κ2) is 4.39. The van der Waals surface area contributed by atoms with Crippen LogP contribution >= 0.6 is 0 Å². The topological polar surface area (TPSA) is 48.4 Å². The number of rotatable bonds is 2. The van der Waals surface area contributed by atoms with Crippen LogP contribution in [0.4, 0.5) is 0 Å². The van der Waals surface area contributed by atoms with E-state index in [2.05, 4.69) is 15.2 Å². The van der Waals surface area contributed by atoms with Crippen molar-refractivity contribution in [1.82, 2.24) is 15.2 Å². The van der Waals surface area contributed by atoms with Crippen molar-refractivity contribution in [3.8, 4) is 5.75 Å². The molecular weight excluding hydrogens is 178 g/mol. The normalized spacial score (nSPS) is 18.3. The number of nitrogens with one attached hydrogen (secondary N) is 1. The van der Waals surface area contributed by atoms with Crippen molar-refractivity contribution in [3.05, 3.63) is 24.0 Å². The first-order chi connectivity index (χ1) is 6.84. The molecule has 0 atom stereocenters. The molecule has 0 aromatic carbocycles. The Labute approximate surface area is 83.6 Å². The molecule has 76 valence electrons. The first kappa shape index (κ1) is 9.43. The molecule has 2 heterocycles. The maximum Gasteiger partial charge on any atom is 0.134 e. The van der Waals surface area contributed by atoms with Crippen LogP contribution in [-0.4, -0.2) is 41.2 Å². The summed E-state index contributed by atoms with van der Waals surface area (Å²) in [6.07, 6.45) is 3.27. The van der Waals surface area contributed by atoms with Crippen molar-refractivity contribution < 1.29 is 5.11 Å². The Hall–Kier alpha value is -1.13. The molecule has 2 N–H and O–H groups in total. The van der Waals surface area contributed by atoms with E-state index >= 15 is 0 Å². The van der Waals surface area contributed by atoms with E-state index in [9.17, 15) is 5.11 Å². The second-order valence-corrected chi connectivity index (χ2v) is 3.58. The van der Waals surface area contributed by atoms with Crippen LogP contribution in [0, 0.1) is 0 Å². The Bertz CT molecular complexity index is 297. The van der Waals surface area contributed by atoms with Gasteiger partial charge in [-0.3, -0.25) is 9.88 Å². The number of piperazine rings is 1. The molecule has 1 aliphatic heterocycles. The van der Waals surface area contributed by atoms with Crippen molar-refractivity contribution >= 4 is 0 Å². The van der Waals surface area contributed by atoms with Gasteiger partial charge in [0.25, 0.3) is 0 Å². The summed E-state index contributed by atoms with van der Waals surface area (Å²) in [6, 6.07) is 1.77. The largest absolute Gasteiger partial charge is 0.506 e. The van der Waals surface area contributed by atoms with Crippen LogP contribution in [0.5, 0.6) is 5.75 Å². The minimum atomic E-state index is 0.248. The highest BCUT2D eigenvalue weighted by molar-refractivity contribution is 5.21. The van der Waals surface area contributed by atoms with Crippen molar-refractivity contribution in [2.75, 3.05) is 26.2 Å². The molecule has 0 spiro atoms. The molecule has 1 aromatic rings. The maximum absolute atomic E-state index is 9.25. The highest BCUT2D eigenvalue weighted by Gasteiger charge is 2.09. The first-order valence-corrected chi connectivity index (χ1v) is 4.90. The Balaban J connectivity index is 1.95. The third kappa shape index (κ3) is 2.43. The van der Waals surface area contributed by atoms with Crippen LogP contribution in [-0.2, 0) is 6.54 Å². The highest BCUT2D eigenvalue weighted by Crippen LogP contribution is 2.10. The fourth-order valence-corrected chi connectivity index (χ4v) is 1.69. The monoisotopic (exact) mass is 193 g/mol. The minimum Gasteiger partial charge on any atom is -0.506 e. The smallest absolute Gasteiger partial charge is 0.134 e. The lowest BCUT2D eigenvalue weighted by Crippen LogP contribution is -2.42. The summed E-state index contributed by atoms with van der Waals surface area (Å²) in [5.74, 6) is 0.248. The molecule has 14 heavy (non-hydrogen) atoms. The molecule has 0 saturated carbocycles. The summed E-state index contributed by atoms with van der Waals surface area (Å²) in [5, 5.41) is 12.6. The van der Waals surface area contributed by atoms with Gasteiger partial charge in [-0.15, -0.1) is 0 Å². The Kier molecular flexibility index (Phi) is 2.96. The molecule has 1 aromatic heterocycles. The van der Waals surface area contributed by atoms with E-state index in [0.717, 1.165) is 38.3 Å². The molecule has 1 aliphatic rings. The van der Waals surface area contributed by atoms with E-state index < -0.39 is 0 Å². The third-order valence-electron chi connectivity index (χ3n) is 2.40. The fourth-order valence-electron chi connectivity index (χ4n) is 1.69. The van der Waals surface area contributed by atoms with Gasteiger partial charge in [0.15, 0.2) is 0 Å². The summed E-state index contributed by atoms with van der Waals surface area (Å²) in [5.41, 5.74) is 1.08. The maximum atomic E-state index is 9.25. The first-order valence-electron chi connectivity index (χ1n) is 4.90. The second-order valence-electron chi connectivity index (χ2n) is 3.58. The third-order valence-corrected chi connectivity index (χ3v) is 2.40. The lowest BCUT2D eigenvalue weighted by molar-refractivity contribution is 0.232. The summed E-state index contributed by atoms with van der Waals surface area (Å²) in [6.45, 7) is 5.10. The van der Waals surface area contributed by atoms with E-state index in [1.807, 2.05) is 6.20 Å². The van der Waals surface area contributed by atoms with Crippen LogP contribution in [0.3, 0.4) is 0 Å². The average molecular weight is 193 g/mol. The summed E-state index contributed by atoms with van der Waals surface area (Å²) >= 11 is 0. The SMILES string of the molecule is Oc1cncc(CN2CCNCC2)c1. The van der Waals surface area contributed by atoms with Gasteiger partial charge in [0.1, 0.15) is 5.75 Å². The van der Waals surface area contributed by atoms with Gasteiger partial charge in [0.2, 0.25) is 0 Å². The van der Waals surface area contributed by atoms with Gasteiger partial charge < -0.3 is 10.4 Å².